The monoisotopic (exact) mass is 225 g/mol. The molecule has 0 aliphatic carbocycles. The number of thiophene rings is 1. The largest absolute Gasteiger partial charge is 0.478 e. The molecule has 1 amide bonds. The van der Waals surface area contributed by atoms with E-state index in [1.807, 2.05) is 0 Å². The summed E-state index contributed by atoms with van der Waals surface area (Å²) in [5.41, 5.74) is 0.450. The molecule has 2 rings (SSSR count). The van der Waals surface area contributed by atoms with E-state index in [1.54, 1.807) is 10.3 Å². The molecular formula is C10H11NO3S. The number of carboxylic acid groups (broad SMARTS) is 1. The minimum atomic E-state index is -1.03. The van der Waals surface area contributed by atoms with Crippen LogP contribution in [-0.2, 0) is 0 Å². The number of amides is 1. The van der Waals surface area contributed by atoms with Crippen LogP contribution in [0.1, 0.15) is 33.6 Å². The standard InChI is InChI=1S/C10H11NO3S/c12-9(11-3-1-2-4-11)7-5-15-6-8(7)10(13)14/h5-6H,1-4H2,(H,13,14). The summed E-state index contributed by atoms with van der Waals surface area (Å²) in [6, 6.07) is 0. The number of aromatic carboxylic acids is 1. The highest BCUT2D eigenvalue weighted by molar-refractivity contribution is 7.08. The van der Waals surface area contributed by atoms with Crippen molar-refractivity contribution in [1.82, 2.24) is 4.90 Å². The zero-order chi connectivity index (χ0) is 10.8. The second-order valence-electron chi connectivity index (χ2n) is 3.50. The maximum Gasteiger partial charge on any atom is 0.337 e. The third-order valence-corrected chi connectivity index (χ3v) is 3.26. The van der Waals surface area contributed by atoms with Crippen molar-refractivity contribution in [2.45, 2.75) is 12.8 Å². The first-order valence-corrected chi connectivity index (χ1v) is 5.73. The summed E-state index contributed by atoms with van der Waals surface area (Å²) in [5.74, 6) is -1.18. The summed E-state index contributed by atoms with van der Waals surface area (Å²) in [7, 11) is 0. The van der Waals surface area contributed by atoms with E-state index in [4.69, 9.17) is 5.11 Å². The van der Waals surface area contributed by atoms with E-state index in [9.17, 15) is 9.59 Å². The first-order chi connectivity index (χ1) is 7.20. The number of nitrogens with zero attached hydrogens (tertiary/aromatic N) is 1. The molecule has 2 heterocycles. The van der Waals surface area contributed by atoms with Crippen molar-refractivity contribution in [2.75, 3.05) is 13.1 Å². The highest BCUT2D eigenvalue weighted by atomic mass is 32.1. The van der Waals surface area contributed by atoms with Crippen LogP contribution in [0.15, 0.2) is 10.8 Å². The summed E-state index contributed by atoms with van der Waals surface area (Å²) in [6.07, 6.45) is 2.02. The van der Waals surface area contributed by atoms with E-state index >= 15 is 0 Å². The molecule has 0 spiro atoms. The fourth-order valence-corrected chi connectivity index (χ4v) is 2.51. The number of carboxylic acids is 1. The topological polar surface area (TPSA) is 57.6 Å². The summed E-state index contributed by atoms with van der Waals surface area (Å²) in [4.78, 5) is 24.5. The Hall–Kier alpha value is -1.36. The first kappa shape index (κ1) is 10.2. The Kier molecular flexibility index (Phi) is 2.73. The minimum Gasteiger partial charge on any atom is -0.478 e. The summed E-state index contributed by atoms with van der Waals surface area (Å²) in [5, 5.41) is 12.0. The number of likely N-dealkylation sites (tertiary alicyclic amines) is 1. The highest BCUT2D eigenvalue weighted by Gasteiger charge is 2.24. The van der Waals surface area contributed by atoms with Gasteiger partial charge in [0.1, 0.15) is 0 Å². The Morgan fingerprint density at radius 3 is 2.40 bits per heavy atom. The predicted molar refractivity (Wildman–Crippen MR) is 56.4 cm³/mol. The molecule has 0 radical (unpaired) electrons. The summed E-state index contributed by atoms with van der Waals surface area (Å²) >= 11 is 1.25. The van der Waals surface area contributed by atoms with Crippen LogP contribution < -0.4 is 0 Å². The molecule has 1 aromatic rings. The number of hydrogen-bond donors (Lipinski definition) is 1. The lowest BCUT2D eigenvalue weighted by Gasteiger charge is -2.14. The van der Waals surface area contributed by atoms with Gasteiger partial charge in [0.05, 0.1) is 11.1 Å². The fourth-order valence-electron chi connectivity index (χ4n) is 1.72. The van der Waals surface area contributed by atoms with Gasteiger partial charge in [-0.15, -0.1) is 0 Å². The van der Waals surface area contributed by atoms with Gasteiger partial charge in [0.2, 0.25) is 0 Å². The van der Waals surface area contributed by atoms with Crippen molar-refractivity contribution in [3.05, 3.63) is 21.9 Å². The Morgan fingerprint density at radius 1 is 1.20 bits per heavy atom. The van der Waals surface area contributed by atoms with Gasteiger partial charge in [-0.2, -0.15) is 11.3 Å². The minimum absolute atomic E-state index is 0.122. The molecule has 1 fully saturated rings. The van der Waals surface area contributed by atoms with E-state index in [1.165, 1.54) is 16.7 Å². The van der Waals surface area contributed by atoms with Gasteiger partial charge in [-0.3, -0.25) is 4.79 Å². The van der Waals surface area contributed by atoms with Crippen molar-refractivity contribution >= 4 is 23.2 Å². The average molecular weight is 225 g/mol. The van der Waals surface area contributed by atoms with E-state index in [-0.39, 0.29) is 11.5 Å². The average Bonchev–Trinajstić information content (AvgIpc) is 2.88. The number of carbonyl (C=O) groups excluding carboxylic acids is 1. The molecule has 1 saturated heterocycles. The van der Waals surface area contributed by atoms with Gasteiger partial charge in [-0.1, -0.05) is 0 Å². The fraction of sp³-hybridized carbons (Fsp3) is 0.400. The summed E-state index contributed by atoms with van der Waals surface area (Å²) < 4.78 is 0. The molecule has 4 nitrogen and oxygen atoms in total. The lowest BCUT2D eigenvalue weighted by atomic mass is 10.2. The van der Waals surface area contributed by atoms with Crippen LogP contribution in [0.2, 0.25) is 0 Å². The number of rotatable bonds is 2. The molecule has 1 aliphatic rings. The second kappa shape index (κ2) is 4.02. The van der Waals surface area contributed by atoms with Gasteiger partial charge in [-0.25, -0.2) is 4.79 Å². The van der Waals surface area contributed by atoms with Crippen LogP contribution in [0.3, 0.4) is 0 Å². The highest BCUT2D eigenvalue weighted by Crippen LogP contribution is 2.19. The molecule has 15 heavy (non-hydrogen) atoms. The molecular weight excluding hydrogens is 214 g/mol. The maximum atomic E-state index is 11.9. The van der Waals surface area contributed by atoms with Gasteiger partial charge in [0.25, 0.3) is 5.91 Å². The number of carbonyl (C=O) groups is 2. The molecule has 0 atom stereocenters. The molecule has 1 aromatic heterocycles. The molecule has 0 saturated carbocycles. The lowest BCUT2D eigenvalue weighted by molar-refractivity contribution is 0.0682. The van der Waals surface area contributed by atoms with Crippen molar-refractivity contribution in [3.63, 3.8) is 0 Å². The third kappa shape index (κ3) is 1.87. The van der Waals surface area contributed by atoms with Gasteiger partial charge in [0.15, 0.2) is 0 Å². The van der Waals surface area contributed by atoms with E-state index in [2.05, 4.69) is 0 Å². The van der Waals surface area contributed by atoms with Gasteiger partial charge < -0.3 is 10.0 Å². The molecule has 5 heteroatoms. The molecule has 0 aromatic carbocycles. The maximum absolute atomic E-state index is 11.9. The van der Waals surface area contributed by atoms with Gasteiger partial charge >= 0.3 is 5.97 Å². The molecule has 80 valence electrons. The van der Waals surface area contributed by atoms with Crippen molar-refractivity contribution < 1.29 is 14.7 Å². The van der Waals surface area contributed by atoms with Gasteiger partial charge in [0, 0.05) is 23.8 Å². The predicted octanol–water partition coefficient (Wildman–Crippen LogP) is 1.68. The zero-order valence-electron chi connectivity index (χ0n) is 8.10. The third-order valence-electron chi connectivity index (χ3n) is 2.52. The molecule has 0 bridgehead atoms. The Labute approximate surface area is 91.1 Å². The molecule has 1 N–H and O–H groups in total. The van der Waals surface area contributed by atoms with Crippen molar-refractivity contribution in [2.24, 2.45) is 0 Å². The smallest absolute Gasteiger partial charge is 0.337 e. The molecule has 0 unspecified atom stereocenters. The van der Waals surface area contributed by atoms with Crippen molar-refractivity contribution in [3.8, 4) is 0 Å². The van der Waals surface area contributed by atoms with Crippen LogP contribution >= 0.6 is 11.3 Å². The van der Waals surface area contributed by atoms with Crippen LogP contribution in [0, 0.1) is 0 Å². The SMILES string of the molecule is O=C(O)c1cscc1C(=O)N1CCCC1. The van der Waals surface area contributed by atoms with Crippen LogP contribution in [0.25, 0.3) is 0 Å². The van der Waals surface area contributed by atoms with Crippen LogP contribution in [0.4, 0.5) is 0 Å². The normalized spacial score (nSPS) is 15.6. The first-order valence-electron chi connectivity index (χ1n) is 4.79. The second-order valence-corrected chi connectivity index (χ2v) is 4.25. The van der Waals surface area contributed by atoms with E-state index < -0.39 is 5.97 Å². The van der Waals surface area contributed by atoms with Crippen LogP contribution in [0.5, 0.6) is 0 Å². The van der Waals surface area contributed by atoms with Crippen LogP contribution in [-0.4, -0.2) is 35.0 Å². The van der Waals surface area contributed by atoms with E-state index in [0.717, 1.165) is 25.9 Å². The molecule has 1 aliphatic heterocycles. The Morgan fingerprint density at radius 2 is 1.80 bits per heavy atom. The zero-order valence-corrected chi connectivity index (χ0v) is 8.92. The van der Waals surface area contributed by atoms with Gasteiger partial charge in [-0.05, 0) is 12.8 Å². The van der Waals surface area contributed by atoms with E-state index in [0.29, 0.717) is 5.56 Å². The number of hydrogen-bond acceptors (Lipinski definition) is 3. The van der Waals surface area contributed by atoms with Crippen molar-refractivity contribution in [1.29, 1.82) is 0 Å². The Bertz CT molecular complexity index is 393. The Balaban J connectivity index is 2.24. The summed E-state index contributed by atoms with van der Waals surface area (Å²) in [6.45, 7) is 1.49. The quantitative estimate of drug-likeness (QED) is 0.833. The lowest BCUT2D eigenvalue weighted by Crippen LogP contribution is -2.28.